The predicted molar refractivity (Wildman–Crippen MR) is 192 cm³/mol. The number of carbonyl (C=O) groups excluding carboxylic acids is 3. The number of benzene rings is 4. The van der Waals surface area contributed by atoms with E-state index in [1.165, 1.54) is 12.1 Å². The van der Waals surface area contributed by atoms with Crippen LogP contribution in [0.15, 0.2) is 71.6 Å². The van der Waals surface area contributed by atoms with E-state index in [0.29, 0.717) is 22.3 Å². The second-order valence-corrected chi connectivity index (χ2v) is 16.9. The van der Waals surface area contributed by atoms with Crippen LogP contribution < -0.4 is 14.2 Å². The van der Waals surface area contributed by atoms with Crippen molar-refractivity contribution < 1.29 is 85.5 Å². The molecule has 0 fully saturated rings. The van der Waals surface area contributed by atoms with Crippen LogP contribution in [0.4, 0.5) is 30.7 Å². The number of hydrogen-bond acceptors (Lipinski definition) is 12. The first-order valence-corrected chi connectivity index (χ1v) is 20.6. The summed E-state index contributed by atoms with van der Waals surface area (Å²) in [6, 6.07) is 17.6. The highest BCUT2D eigenvalue weighted by Gasteiger charge is 2.56. The molecule has 0 spiro atoms. The van der Waals surface area contributed by atoms with Gasteiger partial charge in [0.1, 0.15) is 47.9 Å². The summed E-state index contributed by atoms with van der Waals surface area (Å²) >= 11 is 1.64. The summed E-state index contributed by atoms with van der Waals surface area (Å²) in [5.41, 5.74) is -5.67. The molecule has 0 radical (unpaired) electrons. The standard InChI is InChI=1S/C36H25F7INO12S2/c37-28-27(33(46)45-59(52,53)36(41,42)43)29(38)31(40)32(30(28)39)55-12-14-57-35(48)26-24-19-7-3-1-5-17(19)23(18-6-2-4-8-20(18)24)25(26)34(47)56-13-11-54-16-9-10-22(21(44)15-16)58(49,50)51/h1-10,15,23-26H,11-14H2,(H,45,46)(H,49,50,51)/p-1. The van der Waals surface area contributed by atoms with Gasteiger partial charge < -0.3 is 23.5 Å². The summed E-state index contributed by atoms with van der Waals surface area (Å²) < 4.78 is 175. The van der Waals surface area contributed by atoms with Gasteiger partial charge in [-0.25, -0.2) is 21.9 Å². The van der Waals surface area contributed by atoms with Crippen molar-refractivity contribution in [1.82, 2.24) is 4.72 Å². The number of ether oxygens (including phenoxy) is 4. The van der Waals surface area contributed by atoms with Crippen LogP contribution in [-0.2, 0) is 39.2 Å². The topological polar surface area (TPSA) is 192 Å². The number of rotatable bonds is 13. The first-order valence-electron chi connectivity index (χ1n) is 16.7. The lowest BCUT2D eigenvalue weighted by Gasteiger charge is -2.48. The molecule has 7 rings (SSSR count). The molecule has 4 aromatic rings. The van der Waals surface area contributed by atoms with Gasteiger partial charge in [0.05, 0.1) is 16.7 Å². The molecule has 2 unspecified atom stereocenters. The van der Waals surface area contributed by atoms with Gasteiger partial charge in [-0.1, -0.05) is 48.5 Å². The molecule has 0 heterocycles. The molecule has 0 aromatic heterocycles. The summed E-state index contributed by atoms with van der Waals surface area (Å²) in [4.78, 5) is 39.3. The van der Waals surface area contributed by atoms with Crippen molar-refractivity contribution in [2.24, 2.45) is 11.8 Å². The molecule has 1 N–H and O–H groups in total. The van der Waals surface area contributed by atoms with Gasteiger partial charge in [-0.3, -0.25) is 14.4 Å². The van der Waals surface area contributed by atoms with E-state index in [4.69, 9.17) is 18.9 Å². The van der Waals surface area contributed by atoms with Gasteiger partial charge in [-0.15, -0.1) is 0 Å². The van der Waals surface area contributed by atoms with Crippen molar-refractivity contribution in [3.05, 3.63) is 121 Å². The van der Waals surface area contributed by atoms with Gasteiger partial charge in [0.2, 0.25) is 11.6 Å². The SMILES string of the molecule is O=C(NS(=O)(=O)C(F)(F)F)c1c(F)c(F)c(OCCOC(=O)C2C3c4ccccc4C(c4ccccc43)C2C(=O)OCCOc2ccc(S(=O)(=O)[O-])c(I)c2)c(F)c1F. The fourth-order valence-corrected chi connectivity index (χ4v) is 9.26. The maximum atomic E-state index is 14.8. The van der Waals surface area contributed by atoms with E-state index in [1.807, 2.05) is 0 Å². The van der Waals surface area contributed by atoms with Crippen LogP contribution in [0.2, 0.25) is 0 Å². The normalized spacial score (nSPS) is 18.3. The maximum Gasteiger partial charge on any atom is 0.516 e. The van der Waals surface area contributed by atoms with Crippen LogP contribution >= 0.6 is 22.6 Å². The lowest BCUT2D eigenvalue weighted by molar-refractivity contribution is -0.164. The number of esters is 2. The number of nitrogens with one attached hydrogen (secondary N) is 1. The average molecular weight is 987 g/mol. The zero-order valence-corrected chi connectivity index (χ0v) is 33.0. The molecule has 3 aliphatic carbocycles. The van der Waals surface area contributed by atoms with Gasteiger partial charge in [0.15, 0.2) is 17.4 Å². The van der Waals surface area contributed by atoms with Gasteiger partial charge >= 0.3 is 27.5 Å². The van der Waals surface area contributed by atoms with Crippen molar-refractivity contribution in [3.63, 3.8) is 0 Å². The third kappa shape index (κ3) is 8.41. The van der Waals surface area contributed by atoms with Crippen molar-refractivity contribution in [2.45, 2.75) is 22.2 Å². The molecule has 2 atom stereocenters. The minimum absolute atomic E-state index is 0.0915. The largest absolute Gasteiger partial charge is 0.744 e. The molecule has 23 heteroatoms. The first-order chi connectivity index (χ1) is 27.7. The Hall–Kier alpha value is -5.01. The summed E-state index contributed by atoms with van der Waals surface area (Å²) in [6.45, 7) is -2.45. The molecule has 0 aliphatic heterocycles. The Bertz CT molecular complexity index is 2520. The Morgan fingerprint density at radius 1 is 0.678 bits per heavy atom. The van der Waals surface area contributed by atoms with Gasteiger partial charge in [0.25, 0.3) is 5.91 Å². The van der Waals surface area contributed by atoms with Crippen LogP contribution in [0.1, 0.15) is 44.4 Å². The fourth-order valence-electron chi connectivity index (χ4n) is 6.97. The van der Waals surface area contributed by atoms with Gasteiger partial charge in [-0.2, -0.15) is 30.4 Å². The number of sulfonamides is 1. The predicted octanol–water partition coefficient (Wildman–Crippen LogP) is 5.40. The summed E-state index contributed by atoms with van der Waals surface area (Å²) in [6.07, 6.45) is 0. The van der Waals surface area contributed by atoms with E-state index in [-0.39, 0.29) is 27.3 Å². The highest BCUT2D eigenvalue weighted by Crippen LogP contribution is 2.58. The molecule has 4 aromatic carbocycles. The zero-order chi connectivity index (χ0) is 43.2. The zero-order valence-electron chi connectivity index (χ0n) is 29.2. The van der Waals surface area contributed by atoms with E-state index in [2.05, 4.69) is 0 Å². The van der Waals surface area contributed by atoms with Crippen LogP contribution in [0.3, 0.4) is 0 Å². The molecule has 0 saturated heterocycles. The first kappa shape index (κ1) is 43.6. The molecule has 59 heavy (non-hydrogen) atoms. The highest BCUT2D eigenvalue weighted by atomic mass is 127. The van der Waals surface area contributed by atoms with Crippen molar-refractivity contribution in [3.8, 4) is 11.5 Å². The third-order valence-corrected chi connectivity index (χ3v) is 12.5. The number of fused-ring (bicyclic) bond motifs is 1. The van der Waals surface area contributed by atoms with Crippen LogP contribution in [-0.4, -0.2) is 71.2 Å². The van der Waals surface area contributed by atoms with E-state index >= 15 is 0 Å². The number of alkyl halides is 3. The molecule has 2 bridgehead atoms. The number of halogens is 8. The fraction of sp³-hybridized carbons (Fsp3) is 0.250. The van der Waals surface area contributed by atoms with Crippen LogP contribution in [0, 0.1) is 38.7 Å². The van der Waals surface area contributed by atoms with Crippen LogP contribution in [0.5, 0.6) is 11.5 Å². The monoisotopic (exact) mass is 986 g/mol. The van der Waals surface area contributed by atoms with Gasteiger partial charge in [-0.05, 0) is 63.0 Å². The summed E-state index contributed by atoms with van der Waals surface area (Å²) in [5, 5.41) is 0. The van der Waals surface area contributed by atoms with E-state index in [9.17, 15) is 66.5 Å². The summed E-state index contributed by atoms with van der Waals surface area (Å²) in [5.74, 6) is -20.3. The lowest BCUT2D eigenvalue weighted by atomic mass is 9.54. The number of amides is 1. The van der Waals surface area contributed by atoms with Gasteiger partial charge in [0, 0.05) is 15.4 Å². The number of hydrogen-bond donors (Lipinski definition) is 1. The van der Waals surface area contributed by atoms with Crippen molar-refractivity contribution >= 4 is 60.6 Å². The smallest absolute Gasteiger partial charge is 0.516 e. The Labute approximate surface area is 342 Å². The molecule has 3 aliphatic rings. The Morgan fingerprint density at radius 3 is 1.53 bits per heavy atom. The second-order valence-electron chi connectivity index (χ2n) is 12.7. The molecule has 13 nitrogen and oxygen atoms in total. The minimum atomic E-state index is -6.53. The Balaban J connectivity index is 1.18. The molecule has 1 amide bonds. The third-order valence-electron chi connectivity index (χ3n) is 9.31. The molecule has 314 valence electrons. The molecule has 0 saturated carbocycles. The number of carbonyl (C=O) groups is 3. The molecular weight excluding hydrogens is 962 g/mol. The Morgan fingerprint density at radius 2 is 1.12 bits per heavy atom. The molecular formula is C36H24F7INO12S2-. The second kappa shape index (κ2) is 16.6. The summed E-state index contributed by atoms with van der Waals surface area (Å²) in [7, 11) is -11.3. The lowest BCUT2D eigenvalue weighted by Crippen LogP contribution is -2.48. The average Bonchev–Trinajstić information content (AvgIpc) is 3.17. The minimum Gasteiger partial charge on any atom is -0.744 e. The Kier molecular flexibility index (Phi) is 12.2. The highest BCUT2D eigenvalue weighted by molar-refractivity contribution is 14.1. The van der Waals surface area contributed by atoms with Crippen molar-refractivity contribution in [1.29, 1.82) is 0 Å². The quantitative estimate of drug-likeness (QED) is 0.0449. The van der Waals surface area contributed by atoms with Crippen LogP contribution in [0.25, 0.3) is 0 Å². The van der Waals surface area contributed by atoms with E-state index < -0.39 is 120 Å². The van der Waals surface area contributed by atoms with E-state index in [1.54, 1.807) is 71.1 Å². The van der Waals surface area contributed by atoms with E-state index in [0.717, 1.165) is 6.07 Å². The maximum absolute atomic E-state index is 14.8. The van der Waals surface area contributed by atoms with Crippen molar-refractivity contribution in [2.75, 3.05) is 26.4 Å².